The van der Waals surface area contributed by atoms with Gasteiger partial charge in [-0.25, -0.2) is 0 Å². The van der Waals surface area contributed by atoms with E-state index in [-0.39, 0.29) is 17.2 Å². The Balaban J connectivity index is 1.32. The fraction of sp³-hybridized carbons (Fsp3) is 0.308. The number of benzene rings is 2. The minimum Gasteiger partial charge on any atom is -0.459 e. The number of anilines is 1. The predicted molar refractivity (Wildman–Crippen MR) is 122 cm³/mol. The molecule has 2 amide bonds. The Morgan fingerprint density at radius 1 is 1.19 bits per heavy atom. The number of nitrogens with zero attached hydrogens (tertiary/aromatic N) is 1. The van der Waals surface area contributed by atoms with Crippen molar-refractivity contribution in [2.24, 2.45) is 0 Å². The molecule has 5 nitrogen and oxygen atoms in total. The first-order chi connectivity index (χ1) is 14.9. The zero-order chi connectivity index (χ0) is 21.8. The van der Waals surface area contributed by atoms with E-state index in [1.165, 1.54) is 5.56 Å². The monoisotopic (exact) mass is 414 g/mol. The Labute approximate surface area is 181 Å². The van der Waals surface area contributed by atoms with E-state index < -0.39 is 0 Å². The van der Waals surface area contributed by atoms with Gasteiger partial charge in [-0.15, -0.1) is 0 Å². The van der Waals surface area contributed by atoms with Crippen LogP contribution in [-0.4, -0.2) is 23.8 Å². The summed E-state index contributed by atoms with van der Waals surface area (Å²) >= 11 is 0. The fourth-order valence-corrected chi connectivity index (χ4v) is 4.69. The lowest BCUT2D eigenvalue weighted by Crippen LogP contribution is -2.40. The molecule has 0 unspecified atom stereocenters. The summed E-state index contributed by atoms with van der Waals surface area (Å²) in [5.74, 6) is 0.824. The van der Waals surface area contributed by atoms with E-state index in [0.717, 1.165) is 58.4 Å². The van der Waals surface area contributed by atoms with Gasteiger partial charge < -0.3 is 14.6 Å². The van der Waals surface area contributed by atoms with Crippen LogP contribution >= 0.6 is 0 Å². The summed E-state index contributed by atoms with van der Waals surface area (Å²) in [7, 11) is 1.78. The van der Waals surface area contributed by atoms with Crippen LogP contribution < -0.4 is 5.32 Å². The van der Waals surface area contributed by atoms with Crippen molar-refractivity contribution in [1.29, 1.82) is 0 Å². The van der Waals surface area contributed by atoms with Crippen molar-refractivity contribution in [3.8, 4) is 0 Å². The molecule has 5 heteroatoms. The first kappa shape index (κ1) is 19.6. The van der Waals surface area contributed by atoms with E-state index in [9.17, 15) is 9.59 Å². The normalized spacial score (nSPS) is 16.5. The summed E-state index contributed by atoms with van der Waals surface area (Å²) in [6.07, 6.45) is 6.29. The van der Waals surface area contributed by atoms with E-state index in [1.54, 1.807) is 18.0 Å². The number of carbonyl (C=O) groups is 2. The Kier molecular flexibility index (Phi) is 4.50. The number of aryl methyl sites for hydroxylation is 2. The Bertz CT molecular complexity index is 1250. The summed E-state index contributed by atoms with van der Waals surface area (Å²) in [6.45, 7) is 4.50. The van der Waals surface area contributed by atoms with Crippen LogP contribution in [-0.2, 0) is 21.5 Å². The summed E-state index contributed by atoms with van der Waals surface area (Å²) in [5, 5.41) is 4.09. The number of likely N-dealkylation sites (N-methyl/N-ethyl adjacent to an activating group) is 1. The molecule has 1 aliphatic carbocycles. The van der Waals surface area contributed by atoms with Crippen LogP contribution in [0.2, 0.25) is 0 Å². The van der Waals surface area contributed by atoms with Gasteiger partial charge in [0.1, 0.15) is 11.3 Å². The molecule has 158 valence electrons. The summed E-state index contributed by atoms with van der Waals surface area (Å²) in [4.78, 5) is 26.8. The molecule has 1 saturated carbocycles. The lowest BCUT2D eigenvalue weighted by Gasteiger charge is -2.36. The van der Waals surface area contributed by atoms with Crippen LogP contribution in [0.3, 0.4) is 0 Å². The topological polar surface area (TPSA) is 62.6 Å². The Morgan fingerprint density at radius 3 is 2.74 bits per heavy atom. The van der Waals surface area contributed by atoms with Gasteiger partial charge in [-0.3, -0.25) is 9.59 Å². The molecular weight excluding hydrogens is 388 g/mol. The lowest BCUT2D eigenvalue weighted by molar-refractivity contribution is -0.125. The van der Waals surface area contributed by atoms with Crippen LogP contribution in [0.15, 0.2) is 46.9 Å². The van der Waals surface area contributed by atoms with Crippen molar-refractivity contribution < 1.29 is 14.0 Å². The van der Waals surface area contributed by atoms with Gasteiger partial charge >= 0.3 is 0 Å². The van der Waals surface area contributed by atoms with Crippen molar-refractivity contribution in [2.75, 3.05) is 12.4 Å². The van der Waals surface area contributed by atoms with E-state index in [1.807, 2.05) is 43.3 Å². The molecule has 0 atom stereocenters. The average molecular weight is 415 g/mol. The SMILES string of the molecule is Cc1ccc2oc(CN(C)C(=O)/C=C/c3ccc4c(c3)C3(CCC3)C(=O)N4)c(C)c2c1. The number of hydrogen-bond donors (Lipinski definition) is 1. The maximum absolute atomic E-state index is 12.7. The molecule has 2 aliphatic rings. The van der Waals surface area contributed by atoms with Gasteiger partial charge in [-0.1, -0.05) is 24.1 Å². The molecular formula is C26H26N2O3. The Hall–Kier alpha value is -3.34. The number of hydrogen-bond acceptors (Lipinski definition) is 3. The molecule has 1 aliphatic heterocycles. The molecule has 0 saturated heterocycles. The number of furan rings is 1. The third kappa shape index (κ3) is 3.16. The van der Waals surface area contributed by atoms with Gasteiger partial charge in [-0.05, 0) is 68.2 Å². The molecule has 1 N–H and O–H groups in total. The first-order valence-corrected chi connectivity index (χ1v) is 10.8. The van der Waals surface area contributed by atoms with Crippen molar-refractivity contribution >= 4 is 34.5 Å². The maximum Gasteiger partial charge on any atom is 0.246 e. The molecule has 31 heavy (non-hydrogen) atoms. The van der Waals surface area contributed by atoms with Gasteiger partial charge in [-0.2, -0.15) is 0 Å². The Morgan fingerprint density at radius 2 is 2.00 bits per heavy atom. The van der Waals surface area contributed by atoms with Crippen LogP contribution in [0.5, 0.6) is 0 Å². The van der Waals surface area contributed by atoms with E-state index in [0.29, 0.717) is 6.54 Å². The van der Waals surface area contributed by atoms with Crippen molar-refractivity contribution in [3.63, 3.8) is 0 Å². The second-order valence-corrected chi connectivity index (χ2v) is 8.87. The maximum atomic E-state index is 12.7. The first-order valence-electron chi connectivity index (χ1n) is 10.8. The predicted octanol–water partition coefficient (Wildman–Crippen LogP) is 5.10. The van der Waals surface area contributed by atoms with Gasteiger partial charge in [0.05, 0.1) is 12.0 Å². The second kappa shape index (κ2) is 7.12. The average Bonchev–Trinajstić information content (AvgIpc) is 3.19. The van der Waals surface area contributed by atoms with Gasteiger partial charge in [0.2, 0.25) is 11.8 Å². The van der Waals surface area contributed by atoms with Crippen molar-refractivity contribution in [1.82, 2.24) is 4.90 Å². The number of amides is 2. The van der Waals surface area contributed by atoms with Crippen LogP contribution in [0, 0.1) is 13.8 Å². The van der Waals surface area contributed by atoms with Crippen molar-refractivity contribution in [2.45, 2.75) is 45.1 Å². The highest BCUT2D eigenvalue weighted by atomic mass is 16.3. The number of rotatable bonds is 4. The van der Waals surface area contributed by atoms with E-state index in [2.05, 4.69) is 18.3 Å². The summed E-state index contributed by atoms with van der Waals surface area (Å²) in [6, 6.07) is 12.0. The lowest BCUT2D eigenvalue weighted by atomic mass is 9.65. The van der Waals surface area contributed by atoms with E-state index in [4.69, 9.17) is 4.42 Å². The summed E-state index contributed by atoms with van der Waals surface area (Å²) < 4.78 is 5.98. The molecule has 0 radical (unpaired) electrons. The molecule has 5 rings (SSSR count). The third-order valence-electron chi connectivity index (χ3n) is 6.81. The molecule has 1 fully saturated rings. The smallest absolute Gasteiger partial charge is 0.246 e. The highest BCUT2D eigenvalue weighted by molar-refractivity contribution is 6.07. The fourth-order valence-electron chi connectivity index (χ4n) is 4.69. The molecule has 2 heterocycles. The molecule has 2 aromatic carbocycles. The van der Waals surface area contributed by atoms with Crippen LogP contribution in [0.4, 0.5) is 5.69 Å². The van der Waals surface area contributed by atoms with Crippen molar-refractivity contribution in [3.05, 3.63) is 70.5 Å². The van der Waals surface area contributed by atoms with Gasteiger partial charge in [0, 0.05) is 29.8 Å². The standard InChI is InChI=1S/C26H26N2O3/c1-16-5-9-22-19(13-16)17(2)23(31-22)15-28(3)24(29)10-7-18-6-8-21-20(14-18)26(11-4-12-26)25(30)27-21/h5-10,13-14H,4,11-12,15H2,1-3H3,(H,27,30)/b10-7+. The minimum absolute atomic E-state index is 0.0934. The largest absolute Gasteiger partial charge is 0.459 e. The highest BCUT2D eigenvalue weighted by Crippen LogP contribution is 2.51. The van der Waals surface area contributed by atoms with Gasteiger partial charge in [0.15, 0.2) is 0 Å². The second-order valence-electron chi connectivity index (χ2n) is 8.87. The molecule has 1 aromatic heterocycles. The van der Waals surface area contributed by atoms with Crippen LogP contribution in [0.1, 0.15) is 47.3 Å². The highest BCUT2D eigenvalue weighted by Gasteiger charge is 2.50. The summed E-state index contributed by atoms with van der Waals surface area (Å²) in [5.41, 5.74) is 5.66. The molecule has 3 aromatic rings. The number of fused-ring (bicyclic) bond motifs is 3. The van der Waals surface area contributed by atoms with Crippen LogP contribution in [0.25, 0.3) is 17.0 Å². The van der Waals surface area contributed by atoms with Gasteiger partial charge in [0.25, 0.3) is 0 Å². The third-order valence-corrected chi connectivity index (χ3v) is 6.81. The van der Waals surface area contributed by atoms with E-state index >= 15 is 0 Å². The number of nitrogens with one attached hydrogen (secondary N) is 1. The number of carbonyl (C=O) groups excluding carboxylic acids is 2. The zero-order valence-electron chi connectivity index (χ0n) is 18.1. The quantitative estimate of drug-likeness (QED) is 0.605. The molecule has 1 spiro atoms. The minimum atomic E-state index is -0.350. The zero-order valence-corrected chi connectivity index (χ0v) is 18.1. The molecule has 0 bridgehead atoms.